The SMILES string of the molecule is Cc1ccc(C(N)=O)c(-c2nc(-c3cccc4c3OCCO4)cs2)n1. The van der Waals surface area contributed by atoms with Crippen LogP contribution >= 0.6 is 11.3 Å². The van der Waals surface area contributed by atoms with E-state index in [1.807, 2.05) is 30.5 Å². The molecule has 0 spiro atoms. The molecule has 4 rings (SSSR count). The lowest BCUT2D eigenvalue weighted by Gasteiger charge is -2.20. The van der Waals surface area contributed by atoms with Crippen molar-refractivity contribution in [1.29, 1.82) is 0 Å². The van der Waals surface area contributed by atoms with E-state index in [2.05, 4.69) is 9.97 Å². The number of aryl methyl sites for hydroxylation is 1. The fourth-order valence-electron chi connectivity index (χ4n) is 2.70. The van der Waals surface area contributed by atoms with E-state index >= 15 is 0 Å². The van der Waals surface area contributed by atoms with Crippen LogP contribution in [0.4, 0.5) is 0 Å². The van der Waals surface area contributed by atoms with Gasteiger partial charge in [0.25, 0.3) is 5.91 Å². The average molecular weight is 353 g/mol. The minimum atomic E-state index is -0.520. The molecule has 0 fully saturated rings. The molecular formula is C18H15N3O3S. The highest BCUT2D eigenvalue weighted by molar-refractivity contribution is 7.13. The number of amides is 1. The number of pyridine rings is 1. The Kier molecular flexibility index (Phi) is 3.85. The van der Waals surface area contributed by atoms with Gasteiger partial charge in [-0.2, -0.15) is 0 Å². The smallest absolute Gasteiger partial charge is 0.251 e. The number of aromatic nitrogens is 2. The first-order valence-corrected chi connectivity index (χ1v) is 8.64. The predicted octanol–water partition coefficient (Wildman–Crippen LogP) is 3.05. The number of carbonyl (C=O) groups excluding carboxylic acids is 1. The first kappa shape index (κ1) is 15.6. The molecule has 3 aromatic rings. The minimum Gasteiger partial charge on any atom is -0.486 e. The molecule has 6 nitrogen and oxygen atoms in total. The molecule has 0 radical (unpaired) electrons. The van der Waals surface area contributed by atoms with Crippen LogP contribution in [0.1, 0.15) is 16.1 Å². The minimum absolute atomic E-state index is 0.362. The maximum atomic E-state index is 11.7. The normalized spacial score (nSPS) is 12.8. The van der Waals surface area contributed by atoms with Gasteiger partial charge in [0.05, 0.1) is 11.3 Å². The van der Waals surface area contributed by atoms with Crippen molar-refractivity contribution in [2.45, 2.75) is 6.92 Å². The van der Waals surface area contributed by atoms with Crippen molar-refractivity contribution >= 4 is 17.2 Å². The molecule has 3 heterocycles. The second kappa shape index (κ2) is 6.18. The van der Waals surface area contributed by atoms with Gasteiger partial charge < -0.3 is 15.2 Å². The molecule has 0 saturated carbocycles. The van der Waals surface area contributed by atoms with Crippen molar-refractivity contribution in [3.63, 3.8) is 0 Å². The molecule has 2 N–H and O–H groups in total. The highest BCUT2D eigenvalue weighted by atomic mass is 32.1. The third-order valence-electron chi connectivity index (χ3n) is 3.85. The van der Waals surface area contributed by atoms with E-state index < -0.39 is 5.91 Å². The Bertz CT molecular complexity index is 968. The largest absolute Gasteiger partial charge is 0.486 e. The summed E-state index contributed by atoms with van der Waals surface area (Å²) in [5, 5.41) is 2.55. The summed E-state index contributed by atoms with van der Waals surface area (Å²) in [7, 11) is 0. The fourth-order valence-corrected chi connectivity index (χ4v) is 3.52. The summed E-state index contributed by atoms with van der Waals surface area (Å²) >= 11 is 1.41. The Morgan fingerprint density at radius 3 is 2.84 bits per heavy atom. The summed E-state index contributed by atoms with van der Waals surface area (Å²) in [4.78, 5) is 20.8. The van der Waals surface area contributed by atoms with E-state index in [1.165, 1.54) is 11.3 Å². The molecule has 1 amide bonds. The van der Waals surface area contributed by atoms with Crippen LogP contribution in [-0.4, -0.2) is 29.1 Å². The van der Waals surface area contributed by atoms with E-state index in [1.54, 1.807) is 12.1 Å². The Labute approximate surface area is 148 Å². The number of carbonyl (C=O) groups is 1. The summed E-state index contributed by atoms with van der Waals surface area (Å²) in [6.07, 6.45) is 0. The first-order valence-electron chi connectivity index (χ1n) is 7.76. The lowest BCUT2D eigenvalue weighted by atomic mass is 10.1. The standard InChI is InChI=1S/C18H15N3O3S/c1-10-5-6-12(17(19)22)15(20-10)18-21-13(9-25-18)11-3-2-4-14-16(11)24-8-7-23-14/h2-6,9H,7-8H2,1H3,(H2,19,22). The molecule has 0 aliphatic carbocycles. The van der Waals surface area contributed by atoms with Crippen molar-refractivity contribution in [3.8, 4) is 33.5 Å². The number of nitrogens with two attached hydrogens (primary N) is 1. The van der Waals surface area contributed by atoms with Gasteiger partial charge >= 0.3 is 0 Å². The molecule has 0 atom stereocenters. The molecule has 7 heteroatoms. The van der Waals surface area contributed by atoms with E-state index in [0.717, 1.165) is 17.0 Å². The maximum Gasteiger partial charge on any atom is 0.251 e. The van der Waals surface area contributed by atoms with Crippen LogP contribution in [0.5, 0.6) is 11.5 Å². The van der Waals surface area contributed by atoms with Gasteiger partial charge in [0.2, 0.25) is 0 Å². The number of benzene rings is 1. The van der Waals surface area contributed by atoms with Crippen LogP contribution in [0.15, 0.2) is 35.7 Å². The van der Waals surface area contributed by atoms with E-state index in [4.69, 9.17) is 15.2 Å². The van der Waals surface area contributed by atoms with Crippen molar-refractivity contribution < 1.29 is 14.3 Å². The van der Waals surface area contributed by atoms with E-state index in [9.17, 15) is 4.79 Å². The van der Waals surface area contributed by atoms with Crippen LogP contribution in [-0.2, 0) is 0 Å². The second-order valence-corrected chi connectivity index (χ2v) is 6.44. The summed E-state index contributed by atoms with van der Waals surface area (Å²) in [6, 6.07) is 9.16. The molecule has 1 aromatic carbocycles. The van der Waals surface area contributed by atoms with E-state index in [0.29, 0.717) is 41.0 Å². The molecule has 0 unspecified atom stereocenters. The van der Waals surface area contributed by atoms with Crippen LogP contribution < -0.4 is 15.2 Å². The Morgan fingerprint density at radius 1 is 1.16 bits per heavy atom. The van der Waals surface area contributed by atoms with E-state index in [-0.39, 0.29) is 0 Å². The highest BCUT2D eigenvalue weighted by Gasteiger charge is 2.20. The molecule has 0 bridgehead atoms. The second-order valence-electron chi connectivity index (χ2n) is 5.58. The van der Waals surface area contributed by atoms with Gasteiger partial charge in [0.1, 0.15) is 23.9 Å². The number of rotatable bonds is 3. The zero-order chi connectivity index (χ0) is 17.4. The third-order valence-corrected chi connectivity index (χ3v) is 4.70. The Hall–Kier alpha value is -2.93. The zero-order valence-electron chi connectivity index (χ0n) is 13.5. The molecule has 126 valence electrons. The molecule has 25 heavy (non-hydrogen) atoms. The Morgan fingerprint density at radius 2 is 2.00 bits per heavy atom. The van der Waals surface area contributed by atoms with Crippen molar-refractivity contribution in [3.05, 3.63) is 47.0 Å². The van der Waals surface area contributed by atoms with Gasteiger partial charge in [-0.3, -0.25) is 4.79 Å². The van der Waals surface area contributed by atoms with Gasteiger partial charge in [-0.25, -0.2) is 9.97 Å². The maximum absolute atomic E-state index is 11.7. The van der Waals surface area contributed by atoms with Crippen LogP contribution in [0, 0.1) is 6.92 Å². The van der Waals surface area contributed by atoms with Crippen LogP contribution in [0.25, 0.3) is 22.0 Å². The van der Waals surface area contributed by atoms with Gasteiger partial charge in [-0.05, 0) is 31.2 Å². The van der Waals surface area contributed by atoms with Crippen molar-refractivity contribution in [2.24, 2.45) is 5.73 Å². The highest BCUT2D eigenvalue weighted by Crippen LogP contribution is 2.41. The summed E-state index contributed by atoms with van der Waals surface area (Å²) in [5.41, 5.74) is 8.74. The summed E-state index contributed by atoms with van der Waals surface area (Å²) in [6.45, 7) is 2.90. The number of primary amides is 1. The van der Waals surface area contributed by atoms with Crippen molar-refractivity contribution in [2.75, 3.05) is 13.2 Å². The zero-order valence-corrected chi connectivity index (χ0v) is 14.3. The van der Waals surface area contributed by atoms with Crippen molar-refractivity contribution in [1.82, 2.24) is 9.97 Å². The van der Waals surface area contributed by atoms with Gasteiger partial charge in [-0.1, -0.05) is 6.07 Å². The number of thiazole rings is 1. The molecule has 1 aliphatic rings. The molecule has 2 aromatic heterocycles. The Balaban J connectivity index is 1.80. The lowest BCUT2D eigenvalue weighted by Crippen LogP contribution is -2.15. The third kappa shape index (κ3) is 2.83. The molecule has 0 saturated heterocycles. The number of hydrogen-bond donors (Lipinski definition) is 1. The van der Waals surface area contributed by atoms with Crippen LogP contribution in [0.3, 0.4) is 0 Å². The summed E-state index contributed by atoms with van der Waals surface area (Å²) in [5.74, 6) is 0.885. The first-order chi connectivity index (χ1) is 12.1. The average Bonchev–Trinajstić information content (AvgIpc) is 3.10. The number of hydrogen-bond acceptors (Lipinski definition) is 6. The number of ether oxygens (including phenoxy) is 2. The quantitative estimate of drug-likeness (QED) is 0.782. The summed E-state index contributed by atoms with van der Waals surface area (Å²) < 4.78 is 11.4. The van der Waals surface area contributed by atoms with Gasteiger partial charge in [0.15, 0.2) is 11.5 Å². The number of fused-ring (bicyclic) bond motifs is 1. The lowest BCUT2D eigenvalue weighted by molar-refractivity contribution is 0.100. The number of para-hydroxylation sites is 1. The molecular weight excluding hydrogens is 338 g/mol. The predicted molar refractivity (Wildman–Crippen MR) is 95.0 cm³/mol. The van der Waals surface area contributed by atoms with Gasteiger partial charge in [0, 0.05) is 16.6 Å². The number of nitrogens with zero attached hydrogens (tertiary/aromatic N) is 2. The van der Waals surface area contributed by atoms with Gasteiger partial charge in [-0.15, -0.1) is 11.3 Å². The monoisotopic (exact) mass is 353 g/mol. The fraction of sp³-hybridized carbons (Fsp3) is 0.167. The topological polar surface area (TPSA) is 87.3 Å². The van der Waals surface area contributed by atoms with Crippen LogP contribution in [0.2, 0.25) is 0 Å². The molecule has 1 aliphatic heterocycles.